The maximum absolute atomic E-state index is 5.77. The zero-order chi connectivity index (χ0) is 13.2. The number of rotatable bonds is 3. The molecule has 2 N–H and O–H groups in total. The molecule has 0 unspecified atom stereocenters. The summed E-state index contributed by atoms with van der Waals surface area (Å²) < 4.78 is 0.926. The molecule has 1 saturated heterocycles. The Morgan fingerprint density at radius 2 is 2.00 bits per heavy atom. The smallest absolute Gasteiger partial charge is 0.231 e. The number of hydrogen-bond acceptors (Lipinski definition) is 8. The first kappa shape index (κ1) is 12.6. The van der Waals surface area contributed by atoms with Crippen LogP contribution in [0.1, 0.15) is 18.5 Å². The number of aromatic nitrogens is 4. The predicted octanol–water partition coefficient (Wildman–Crippen LogP) is 1.97. The van der Waals surface area contributed by atoms with Crippen LogP contribution >= 0.6 is 23.1 Å². The molecule has 0 aromatic carbocycles. The van der Waals surface area contributed by atoms with Gasteiger partial charge in [0.1, 0.15) is 0 Å². The van der Waals surface area contributed by atoms with Gasteiger partial charge in [0.25, 0.3) is 0 Å². The number of thiazole rings is 1. The van der Waals surface area contributed by atoms with E-state index in [-0.39, 0.29) is 5.95 Å². The fourth-order valence-corrected chi connectivity index (χ4v) is 3.62. The summed E-state index contributed by atoms with van der Waals surface area (Å²) in [6.45, 7) is 3.95. The molecule has 100 valence electrons. The van der Waals surface area contributed by atoms with Crippen LogP contribution in [-0.2, 0) is 0 Å². The molecule has 2 aromatic rings. The van der Waals surface area contributed by atoms with Crippen LogP contribution in [0.2, 0.25) is 0 Å². The summed E-state index contributed by atoms with van der Waals surface area (Å²) in [6.07, 6.45) is 2.36. The van der Waals surface area contributed by atoms with Crippen molar-refractivity contribution in [2.24, 2.45) is 0 Å². The molecule has 3 rings (SSSR count). The van der Waals surface area contributed by atoms with Gasteiger partial charge in [0, 0.05) is 24.2 Å². The summed E-state index contributed by atoms with van der Waals surface area (Å²) in [5.74, 6) is 0.952. The molecule has 0 bridgehead atoms. The quantitative estimate of drug-likeness (QED) is 0.926. The number of nitrogens with two attached hydrogens (primary N) is 1. The fraction of sp³-hybridized carbons (Fsp3) is 0.455. The van der Waals surface area contributed by atoms with Gasteiger partial charge in [-0.05, 0) is 31.5 Å². The van der Waals surface area contributed by atoms with E-state index >= 15 is 0 Å². The van der Waals surface area contributed by atoms with Crippen molar-refractivity contribution in [2.75, 3.05) is 23.7 Å². The fourth-order valence-electron chi connectivity index (χ4n) is 1.92. The van der Waals surface area contributed by atoms with Crippen molar-refractivity contribution in [3.8, 4) is 0 Å². The van der Waals surface area contributed by atoms with Crippen molar-refractivity contribution in [1.29, 1.82) is 0 Å². The molecule has 0 aliphatic carbocycles. The van der Waals surface area contributed by atoms with Crippen LogP contribution in [0.15, 0.2) is 14.9 Å². The lowest BCUT2D eigenvalue weighted by Crippen LogP contribution is -2.21. The number of aryl methyl sites for hydroxylation is 1. The van der Waals surface area contributed by atoms with E-state index in [0.29, 0.717) is 11.1 Å². The Balaban J connectivity index is 1.84. The third-order valence-corrected chi connectivity index (χ3v) is 4.71. The number of hydrogen-bond donors (Lipinski definition) is 1. The third kappa shape index (κ3) is 2.95. The van der Waals surface area contributed by atoms with E-state index in [1.165, 1.54) is 24.6 Å². The highest BCUT2D eigenvalue weighted by atomic mass is 32.2. The second-order valence-corrected chi connectivity index (χ2v) is 6.40. The largest absolute Gasteiger partial charge is 0.368 e. The molecule has 8 heteroatoms. The van der Waals surface area contributed by atoms with Gasteiger partial charge in [-0.1, -0.05) is 0 Å². The SMILES string of the molecule is Cc1csc(Sc2nc(N)nc(N3CCCC3)n2)n1. The maximum Gasteiger partial charge on any atom is 0.231 e. The summed E-state index contributed by atoms with van der Waals surface area (Å²) in [7, 11) is 0. The van der Waals surface area contributed by atoms with Gasteiger partial charge >= 0.3 is 0 Å². The van der Waals surface area contributed by atoms with Gasteiger partial charge in [0.05, 0.1) is 0 Å². The molecular formula is C11H14N6S2. The second kappa shape index (κ2) is 5.30. The number of nitrogen functional groups attached to an aromatic ring is 1. The lowest BCUT2D eigenvalue weighted by atomic mass is 10.4. The molecule has 3 heterocycles. The maximum atomic E-state index is 5.77. The summed E-state index contributed by atoms with van der Waals surface area (Å²) in [4.78, 5) is 19.4. The molecule has 19 heavy (non-hydrogen) atoms. The van der Waals surface area contributed by atoms with E-state index in [4.69, 9.17) is 5.73 Å². The molecule has 0 radical (unpaired) electrons. The van der Waals surface area contributed by atoms with Crippen LogP contribution < -0.4 is 10.6 Å². The van der Waals surface area contributed by atoms with Crippen molar-refractivity contribution < 1.29 is 0 Å². The summed E-state index contributed by atoms with van der Waals surface area (Å²) in [5.41, 5.74) is 6.78. The Morgan fingerprint density at radius 1 is 1.21 bits per heavy atom. The van der Waals surface area contributed by atoms with Gasteiger partial charge in [0.2, 0.25) is 17.1 Å². The lowest BCUT2D eigenvalue weighted by molar-refractivity contribution is 0.833. The van der Waals surface area contributed by atoms with Crippen molar-refractivity contribution >= 4 is 35.0 Å². The van der Waals surface area contributed by atoms with Gasteiger partial charge in [0.15, 0.2) is 4.34 Å². The molecule has 1 aliphatic heterocycles. The van der Waals surface area contributed by atoms with E-state index in [2.05, 4.69) is 24.8 Å². The normalized spacial score (nSPS) is 15.1. The minimum atomic E-state index is 0.271. The average Bonchev–Trinajstić information content (AvgIpc) is 3.00. The van der Waals surface area contributed by atoms with Crippen molar-refractivity contribution in [2.45, 2.75) is 29.3 Å². The minimum absolute atomic E-state index is 0.271. The lowest BCUT2D eigenvalue weighted by Gasteiger charge is -2.15. The highest BCUT2D eigenvalue weighted by Gasteiger charge is 2.17. The Labute approximate surface area is 119 Å². The van der Waals surface area contributed by atoms with Crippen LogP contribution in [-0.4, -0.2) is 33.0 Å². The minimum Gasteiger partial charge on any atom is -0.368 e. The van der Waals surface area contributed by atoms with Gasteiger partial charge in [-0.3, -0.25) is 0 Å². The molecule has 2 aromatic heterocycles. The van der Waals surface area contributed by atoms with Crippen molar-refractivity contribution in [3.05, 3.63) is 11.1 Å². The van der Waals surface area contributed by atoms with E-state index < -0.39 is 0 Å². The van der Waals surface area contributed by atoms with Gasteiger partial charge < -0.3 is 10.6 Å². The van der Waals surface area contributed by atoms with E-state index in [1.54, 1.807) is 11.3 Å². The first-order valence-electron chi connectivity index (χ1n) is 6.07. The Kier molecular flexibility index (Phi) is 3.52. The highest BCUT2D eigenvalue weighted by molar-refractivity contribution is 8.00. The summed E-state index contributed by atoms with van der Waals surface area (Å²) >= 11 is 3.02. The molecule has 0 spiro atoms. The third-order valence-electron chi connectivity index (χ3n) is 2.79. The van der Waals surface area contributed by atoms with Crippen LogP contribution in [0.25, 0.3) is 0 Å². The summed E-state index contributed by atoms with van der Waals surface area (Å²) in [5, 5.41) is 2.62. The van der Waals surface area contributed by atoms with Crippen LogP contribution in [0, 0.1) is 6.92 Å². The summed E-state index contributed by atoms with van der Waals surface area (Å²) in [6, 6.07) is 0. The Bertz CT molecular complexity index is 578. The number of nitrogens with zero attached hydrogens (tertiary/aromatic N) is 5. The highest BCUT2D eigenvalue weighted by Crippen LogP contribution is 2.29. The van der Waals surface area contributed by atoms with E-state index in [1.807, 2.05) is 12.3 Å². The topological polar surface area (TPSA) is 80.8 Å². The van der Waals surface area contributed by atoms with Crippen LogP contribution in [0.5, 0.6) is 0 Å². The van der Waals surface area contributed by atoms with Crippen molar-refractivity contribution in [3.63, 3.8) is 0 Å². The first-order chi connectivity index (χ1) is 9.20. The predicted molar refractivity (Wildman–Crippen MR) is 76.7 cm³/mol. The molecule has 0 amide bonds. The Morgan fingerprint density at radius 3 is 2.68 bits per heavy atom. The van der Waals surface area contributed by atoms with Crippen LogP contribution in [0.4, 0.5) is 11.9 Å². The molecule has 0 atom stereocenters. The zero-order valence-corrected chi connectivity index (χ0v) is 12.2. The number of anilines is 2. The van der Waals surface area contributed by atoms with Gasteiger partial charge in [-0.2, -0.15) is 15.0 Å². The van der Waals surface area contributed by atoms with E-state index in [9.17, 15) is 0 Å². The first-order valence-corrected chi connectivity index (χ1v) is 7.77. The molecular weight excluding hydrogens is 280 g/mol. The van der Waals surface area contributed by atoms with Crippen molar-refractivity contribution in [1.82, 2.24) is 19.9 Å². The van der Waals surface area contributed by atoms with E-state index in [0.717, 1.165) is 23.1 Å². The molecule has 0 saturated carbocycles. The van der Waals surface area contributed by atoms with Crippen LogP contribution in [0.3, 0.4) is 0 Å². The second-order valence-electron chi connectivity index (χ2n) is 4.33. The molecule has 1 aliphatic rings. The monoisotopic (exact) mass is 294 g/mol. The standard InChI is InChI=1S/C11H14N6S2/c1-7-6-18-11(13-7)19-10-15-8(12)14-9(16-10)17-4-2-3-5-17/h6H,2-5H2,1H3,(H2,12,14,15,16). The molecule has 6 nitrogen and oxygen atoms in total. The zero-order valence-electron chi connectivity index (χ0n) is 10.5. The van der Waals surface area contributed by atoms with Gasteiger partial charge in [-0.15, -0.1) is 11.3 Å². The molecule has 1 fully saturated rings. The average molecular weight is 294 g/mol. The van der Waals surface area contributed by atoms with Gasteiger partial charge in [-0.25, -0.2) is 4.98 Å². The Hall–Kier alpha value is -1.41.